The number of hydrogen-bond acceptors (Lipinski definition) is 3. The molecule has 0 saturated carbocycles. The van der Waals surface area contributed by atoms with Crippen molar-refractivity contribution in [2.45, 2.75) is 64.5 Å². The molecule has 0 bridgehead atoms. The summed E-state index contributed by atoms with van der Waals surface area (Å²) in [4.78, 5) is 14.5. The molecule has 1 saturated heterocycles. The van der Waals surface area contributed by atoms with Crippen LogP contribution in [-0.4, -0.2) is 48.6 Å². The van der Waals surface area contributed by atoms with Gasteiger partial charge in [0.15, 0.2) is 0 Å². The molecule has 0 radical (unpaired) electrons. The van der Waals surface area contributed by atoms with Crippen molar-refractivity contribution in [3.05, 3.63) is 0 Å². The Morgan fingerprint density at radius 1 is 1.38 bits per heavy atom. The van der Waals surface area contributed by atoms with Crippen molar-refractivity contribution in [3.8, 4) is 12.3 Å². The third-order valence-electron chi connectivity index (χ3n) is 4.57. The highest BCUT2D eigenvalue weighted by Gasteiger charge is 2.26. The molecule has 0 aromatic heterocycles. The maximum atomic E-state index is 12.3. The fraction of sp³-hybridized carbons (Fsp3) is 0.824. The summed E-state index contributed by atoms with van der Waals surface area (Å²) in [5, 5.41) is 6.58. The molecule has 2 N–H and O–H groups in total. The van der Waals surface area contributed by atoms with Crippen LogP contribution in [0.15, 0.2) is 0 Å². The summed E-state index contributed by atoms with van der Waals surface area (Å²) >= 11 is 0. The van der Waals surface area contributed by atoms with Crippen LogP contribution in [0.5, 0.6) is 0 Å². The first-order chi connectivity index (χ1) is 10.1. The van der Waals surface area contributed by atoms with Crippen molar-refractivity contribution in [1.29, 1.82) is 0 Å². The van der Waals surface area contributed by atoms with Crippen molar-refractivity contribution in [1.82, 2.24) is 15.5 Å². The Bertz CT molecular complexity index is 352. The van der Waals surface area contributed by atoms with Gasteiger partial charge in [0.2, 0.25) is 5.91 Å². The average Bonchev–Trinajstić information content (AvgIpc) is 2.53. The second-order valence-electron chi connectivity index (χ2n) is 5.96. The predicted molar refractivity (Wildman–Crippen MR) is 88.0 cm³/mol. The number of terminal acetylenes is 1. The van der Waals surface area contributed by atoms with E-state index in [0.29, 0.717) is 12.6 Å². The van der Waals surface area contributed by atoms with Crippen LogP contribution in [0.2, 0.25) is 0 Å². The minimum atomic E-state index is -0.487. The number of carbonyl (C=O) groups excluding carboxylic acids is 1. The molecule has 4 nitrogen and oxygen atoms in total. The van der Waals surface area contributed by atoms with Crippen LogP contribution in [0.25, 0.3) is 0 Å². The highest BCUT2D eigenvalue weighted by atomic mass is 16.2. The molecule has 1 aliphatic heterocycles. The summed E-state index contributed by atoms with van der Waals surface area (Å²) in [7, 11) is 0. The first kappa shape index (κ1) is 18.0. The van der Waals surface area contributed by atoms with Crippen molar-refractivity contribution in [2.75, 3.05) is 26.2 Å². The zero-order valence-corrected chi connectivity index (χ0v) is 13.9. The topological polar surface area (TPSA) is 44.4 Å². The van der Waals surface area contributed by atoms with Gasteiger partial charge in [-0.2, -0.15) is 0 Å². The number of carbonyl (C=O) groups is 1. The molecule has 120 valence electrons. The lowest BCUT2D eigenvalue weighted by atomic mass is 9.94. The molecule has 0 aromatic carbocycles. The Hall–Kier alpha value is -1.05. The summed E-state index contributed by atoms with van der Waals surface area (Å²) in [5.74, 6) is 2.79. The third kappa shape index (κ3) is 5.68. The van der Waals surface area contributed by atoms with E-state index in [9.17, 15) is 4.79 Å². The van der Waals surface area contributed by atoms with Gasteiger partial charge in [-0.25, -0.2) is 0 Å². The zero-order valence-electron chi connectivity index (χ0n) is 13.9. The van der Waals surface area contributed by atoms with E-state index in [1.165, 1.54) is 19.3 Å². The van der Waals surface area contributed by atoms with Gasteiger partial charge in [-0.15, -0.1) is 6.42 Å². The molecule has 4 heteroatoms. The van der Waals surface area contributed by atoms with Gasteiger partial charge in [-0.05, 0) is 38.8 Å². The van der Waals surface area contributed by atoms with Crippen molar-refractivity contribution < 1.29 is 4.79 Å². The fourth-order valence-corrected chi connectivity index (χ4v) is 2.87. The molecule has 0 spiro atoms. The maximum absolute atomic E-state index is 12.3. The normalized spacial score (nSPS) is 19.3. The fourth-order valence-electron chi connectivity index (χ4n) is 2.87. The number of nitrogens with zero attached hydrogens (tertiary/aromatic N) is 1. The van der Waals surface area contributed by atoms with Crippen LogP contribution >= 0.6 is 0 Å². The van der Waals surface area contributed by atoms with E-state index >= 15 is 0 Å². The van der Waals surface area contributed by atoms with Gasteiger partial charge in [0.05, 0.1) is 6.54 Å². The molecule has 0 aliphatic carbocycles. The molecule has 0 aromatic rings. The molecule has 1 aliphatic rings. The first-order valence-electron chi connectivity index (χ1n) is 8.33. The molecular weight excluding hydrogens is 262 g/mol. The summed E-state index contributed by atoms with van der Waals surface area (Å²) in [6, 6.07) is 0.515. The summed E-state index contributed by atoms with van der Waals surface area (Å²) in [6.45, 7) is 9.49. The van der Waals surface area contributed by atoms with Gasteiger partial charge in [-0.3, -0.25) is 9.69 Å². The third-order valence-corrected chi connectivity index (χ3v) is 4.57. The summed E-state index contributed by atoms with van der Waals surface area (Å²) in [5.41, 5.74) is -0.487. The second kappa shape index (κ2) is 9.07. The van der Waals surface area contributed by atoms with Gasteiger partial charge in [-0.1, -0.05) is 33.1 Å². The zero-order chi connectivity index (χ0) is 15.7. The van der Waals surface area contributed by atoms with Crippen molar-refractivity contribution in [2.24, 2.45) is 0 Å². The molecule has 1 amide bonds. The first-order valence-corrected chi connectivity index (χ1v) is 8.33. The van der Waals surface area contributed by atoms with Gasteiger partial charge in [0.25, 0.3) is 0 Å². The number of likely N-dealkylation sites (N-methyl/N-ethyl adjacent to an activating group) is 1. The molecule has 1 fully saturated rings. The number of hydrogen-bond donors (Lipinski definition) is 2. The maximum Gasteiger partial charge on any atom is 0.235 e. The number of nitrogens with one attached hydrogen (secondary N) is 2. The van der Waals surface area contributed by atoms with Gasteiger partial charge < -0.3 is 10.6 Å². The van der Waals surface area contributed by atoms with E-state index in [-0.39, 0.29) is 5.91 Å². The highest BCUT2D eigenvalue weighted by Crippen LogP contribution is 2.13. The van der Waals surface area contributed by atoms with Crippen LogP contribution in [0.1, 0.15) is 52.9 Å². The van der Waals surface area contributed by atoms with Crippen LogP contribution < -0.4 is 10.6 Å². The predicted octanol–water partition coefficient (Wildman–Crippen LogP) is 1.76. The van der Waals surface area contributed by atoms with Crippen LogP contribution in [0.4, 0.5) is 0 Å². The average molecular weight is 293 g/mol. The van der Waals surface area contributed by atoms with Gasteiger partial charge >= 0.3 is 0 Å². The standard InChI is InChI=1S/C17H31N3O/c1-5-17(6-2,7-3)19-16(21)14-20(8-4)13-15-11-9-10-12-18-15/h1,15,18H,6-14H2,2-4H3,(H,19,21). The van der Waals surface area contributed by atoms with Crippen molar-refractivity contribution >= 4 is 5.91 Å². The smallest absolute Gasteiger partial charge is 0.235 e. The summed E-state index contributed by atoms with van der Waals surface area (Å²) in [6.07, 6.45) is 10.9. The molecular formula is C17H31N3O. The monoisotopic (exact) mass is 293 g/mol. The second-order valence-corrected chi connectivity index (χ2v) is 5.96. The van der Waals surface area contributed by atoms with Crippen LogP contribution in [0.3, 0.4) is 0 Å². The van der Waals surface area contributed by atoms with E-state index in [1.807, 2.05) is 13.8 Å². The Morgan fingerprint density at radius 3 is 2.57 bits per heavy atom. The molecule has 1 unspecified atom stereocenters. The highest BCUT2D eigenvalue weighted by molar-refractivity contribution is 5.79. The Labute approximate surface area is 130 Å². The molecule has 1 atom stereocenters. The lowest BCUT2D eigenvalue weighted by Crippen LogP contribution is -2.52. The van der Waals surface area contributed by atoms with Gasteiger partial charge in [0.1, 0.15) is 5.54 Å². The molecule has 1 rings (SSSR count). The van der Waals surface area contributed by atoms with Crippen LogP contribution in [-0.2, 0) is 4.79 Å². The number of rotatable bonds is 8. The lowest BCUT2D eigenvalue weighted by molar-refractivity contribution is -0.123. The van der Waals surface area contributed by atoms with Gasteiger partial charge in [0, 0.05) is 12.6 Å². The Morgan fingerprint density at radius 2 is 2.10 bits per heavy atom. The Balaban J connectivity index is 2.48. The minimum Gasteiger partial charge on any atom is -0.339 e. The van der Waals surface area contributed by atoms with E-state index in [0.717, 1.165) is 32.5 Å². The number of piperidine rings is 1. The Kier molecular flexibility index (Phi) is 7.77. The lowest BCUT2D eigenvalue weighted by Gasteiger charge is -2.31. The van der Waals surface area contributed by atoms with E-state index in [2.05, 4.69) is 28.4 Å². The summed E-state index contributed by atoms with van der Waals surface area (Å²) < 4.78 is 0. The minimum absolute atomic E-state index is 0.0364. The molecule has 1 heterocycles. The number of amides is 1. The van der Waals surface area contributed by atoms with Crippen molar-refractivity contribution in [3.63, 3.8) is 0 Å². The van der Waals surface area contributed by atoms with Crippen LogP contribution in [0, 0.1) is 12.3 Å². The SMILES string of the molecule is C#CC(CC)(CC)NC(=O)CN(CC)CC1CCCCN1. The molecule has 21 heavy (non-hydrogen) atoms. The van der Waals surface area contributed by atoms with E-state index in [1.54, 1.807) is 0 Å². The van der Waals surface area contributed by atoms with E-state index < -0.39 is 5.54 Å². The van der Waals surface area contributed by atoms with E-state index in [4.69, 9.17) is 6.42 Å². The quantitative estimate of drug-likeness (QED) is 0.670. The largest absolute Gasteiger partial charge is 0.339 e.